The largest absolute Gasteiger partial charge is 0.481 e. The zero-order valence-corrected chi connectivity index (χ0v) is 16.3. The van der Waals surface area contributed by atoms with E-state index in [1.165, 1.54) is 21.6 Å². The van der Waals surface area contributed by atoms with E-state index in [9.17, 15) is 9.59 Å². The highest BCUT2D eigenvalue weighted by molar-refractivity contribution is 8.89. The van der Waals surface area contributed by atoms with Crippen LogP contribution in [0.3, 0.4) is 0 Å². The van der Waals surface area contributed by atoms with E-state index in [0.717, 1.165) is 25.9 Å². The van der Waals surface area contributed by atoms with Crippen LogP contribution in [0.4, 0.5) is 0 Å². The second kappa shape index (κ2) is 9.21. The Bertz CT molecular complexity index is 485. The molecule has 2 saturated heterocycles. The minimum absolute atomic E-state index is 0.368. The third kappa shape index (κ3) is 5.47. The first-order valence-corrected chi connectivity index (χ1v) is 10.7. The van der Waals surface area contributed by atoms with Crippen LogP contribution in [0.5, 0.6) is 0 Å². The number of carboxylic acid groups (broad SMARTS) is 2. The molecule has 0 aromatic heterocycles. The van der Waals surface area contributed by atoms with Crippen LogP contribution in [0.15, 0.2) is 0 Å². The zero-order chi connectivity index (χ0) is 17.7. The van der Waals surface area contributed by atoms with Crippen molar-refractivity contribution >= 4 is 66.6 Å². The quantitative estimate of drug-likeness (QED) is 0.525. The maximum Gasteiger partial charge on any atom is 0.308 e. The Labute approximate surface area is 159 Å². The molecule has 0 saturated carbocycles. The van der Waals surface area contributed by atoms with Crippen molar-refractivity contribution in [3.8, 4) is 0 Å². The van der Waals surface area contributed by atoms with E-state index in [0.29, 0.717) is 34.6 Å². The Balaban J connectivity index is 1.79. The first kappa shape index (κ1) is 19.7. The maximum atomic E-state index is 11.1. The number of nitrogens with zero attached hydrogens (tertiary/aromatic N) is 2. The molecular weight excluding hydrogens is 388 g/mol. The van der Waals surface area contributed by atoms with Gasteiger partial charge < -0.3 is 20.0 Å². The number of aliphatic carboxylic acids is 2. The fourth-order valence-corrected chi connectivity index (χ4v) is 5.56. The molecule has 2 aliphatic rings. The van der Waals surface area contributed by atoms with Gasteiger partial charge in [-0.3, -0.25) is 9.59 Å². The van der Waals surface area contributed by atoms with Crippen molar-refractivity contribution in [1.29, 1.82) is 0 Å². The average molecular weight is 409 g/mol. The first-order chi connectivity index (χ1) is 11.4. The van der Waals surface area contributed by atoms with Gasteiger partial charge in [0.05, 0.1) is 11.8 Å². The van der Waals surface area contributed by atoms with Crippen molar-refractivity contribution in [3.63, 3.8) is 0 Å². The van der Waals surface area contributed by atoms with Gasteiger partial charge in [0.2, 0.25) is 0 Å². The molecule has 0 bridgehead atoms. The van der Waals surface area contributed by atoms with Gasteiger partial charge in [0.25, 0.3) is 0 Å². The predicted molar refractivity (Wildman–Crippen MR) is 104 cm³/mol. The molecule has 2 fully saturated rings. The molecule has 0 radical (unpaired) electrons. The Hall–Kier alpha value is -0.580. The number of likely N-dealkylation sites (tertiary alicyclic amines) is 2. The molecule has 0 aromatic rings. The van der Waals surface area contributed by atoms with Crippen LogP contribution < -0.4 is 0 Å². The van der Waals surface area contributed by atoms with E-state index < -0.39 is 11.9 Å². The second-order valence-electron chi connectivity index (χ2n) is 5.95. The van der Waals surface area contributed by atoms with Crippen LogP contribution in [0, 0.1) is 11.8 Å². The molecule has 6 nitrogen and oxygen atoms in total. The summed E-state index contributed by atoms with van der Waals surface area (Å²) in [5, 5.41) is 18.3. The molecule has 2 N–H and O–H groups in total. The van der Waals surface area contributed by atoms with Crippen molar-refractivity contribution in [2.24, 2.45) is 11.8 Å². The lowest BCUT2D eigenvalue weighted by Crippen LogP contribution is -2.41. The molecule has 2 rings (SSSR count). The van der Waals surface area contributed by atoms with Crippen molar-refractivity contribution in [3.05, 3.63) is 0 Å². The monoisotopic (exact) mass is 408 g/mol. The molecule has 134 valence electrons. The number of rotatable bonds is 2. The van der Waals surface area contributed by atoms with E-state index in [4.69, 9.17) is 34.6 Å². The van der Waals surface area contributed by atoms with E-state index in [1.54, 1.807) is 0 Å². The van der Waals surface area contributed by atoms with Crippen LogP contribution in [-0.2, 0) is 9.59 Å². The van der Waals surface area contributed by atoms with E-state index in [1.807, 2.05) is 9.80 Å². The topological polar surface area (TPSA) is 81.1 Å². The summed E-state index contributed by atoms with van der Waals surface area (Å²) in [6.07, 6.45) is 3.02. The summed E-state index contributed by atoms with van der Waals surface area (Å²) in [7, 11) is 2.72. The maximum absolute atomic E-state index is 11.1. The lowest BCUT2D eigenvalue weighted by Gasteiger charge is -2.33. The lowest BCUT2D eigenvalue weighted by atomic mass is 9.99. The second-order valence-corrected chi connectivity index (χ2v) is 9.34. The minimum atomic E-state index is -0.774. The van der Waals surface area contributed by atoms with Gasteiger partial charge in [0.1, 0.15) is 8.64 Å². The summed E-state index contributed by atoms with van der Waals surface area (Å²) in [5.41, 5.74) is 0. The normalized spacial score (nSPS) is 24.5. The fraction of sp³-hybridized carbons (Fsp3) is 0.714. The Morgan fingerprint density at radius 1 is 0.833 bits per heavy atom. The number of carbonyl (C=O) groups is 2. The molecule has 0 spiro atoms. The summed E-state index contributed by atoms with van der Waals surface area (Å²) in [6, 6.07) is 0. The molecule has 10 heteroatoms. The number of hydrogen-bond acceptors (Lipinski definition) is 6. The fourth-order valence-electron chi connectivity index (χ4n) is 2.87. The molecule has 24 heavy (non-hydrogen) atoms. The molecule has 2 aliphatic heterocycles. The number of carboxylic acids is 2. The summed E-state index contributed by atoms with van der Waals surface area (Å²) in [5.74, 6) is -2.28. The van der Waals surface area contributed by atoms with Gasteiger partial charge in [-0.15, -0.1) is 0 Å². The van der Waals surface area contributed by atoms with Crippen molar-refractivity contribution in [2.45, 2.75) is 25.7 Å². The van der Waals surface area contributed by atoms with Crippen LogP contribution >= 0.6 is 46.0 Å². The standard InChI is InChI=1S/C14H20N2O4S4/c17-11(18)9-3-1-5-15(7-9)13(21)23-24-14(22)16-6-2-4-10(8-16)12(19)20/h9-10H,1-8H2,(H,17,18)(H,19,20). The Kier molecular flexibility index (Phi) is 7.58. The highest BCUT2D eigenvalue weighted by atomic mass is 33.1. The highest BCUT2D eigenvalue weighted by Crippen LogP contribution is 2.32. The molecule has 0 aromatic carbocycles. The summed E-state index contributed by atoms with van der Waals surface area (Å²) < 4.78 is 1.28. The highest BCUT2D eigenvalue weighted by Gasteiger charge is 2.29. The number of thiocarbonyl (C=S) groups is 2. The lowest BCUT2D eigenvalue weighted by molar-refractivity contribution is -0.144. The molecule has 2 atom stereocenters. The Morgan fingerprint density at radius 3 is 1.54 bits per heavy atom. The van der Waals surface area contributed by atoms with Crippen LogP contribution in [-0.4, -0.2) is 66.8 Å². The average Bonchev–Trinajstić information content (AvgIpc) is 2.59. The first-order valence-electron chi connectivity index (χ1n) is 7.76. The SMILES string of the molecule is O=C(O)C1CCCN(C(=S)SSC(=S)N2CCCC(C(=O)O)C2)C1. The molecule has 2 heterocycles. The van der Waals surface area contributed by atoms with Crippen molar-refractivity contribution in [2.75, 3.05) is 26.2 Å². The molecular formula is C14H20N2O4S4. The molecule has 0 aliphatic carbocycles. The molecule has 0 amide bonds. The summed E-state index contributed by atoms with van der Waals surface area (Å²) in [4.78, 5) is 26.1. The number of hydrogen-bond donors (Lipinski definition) is 2. The van der Waals surface area contributed by atoms with Crippen LogP contribution in [0.2, 0.25) is 0 Å². The van der Waals surface area contributed by atoms with Gasteiger partial charge in [0, 0.05) is 26.2 Å². The van der Waals surface area contributed by atoms with Gasteiger partial charge in [-0.25, -0.2) is 0 Å². The van der Waals surface area contributed by atoms with Gasteiger partial charge in [-0.1, -0.05) is 24.4 Å². The van der Waals surface area contributed by atoms with Crippen molar-refractivity contribution in [1.82, 2.24) is 9.80 Å². The third-order valence-electron chi connectivity index (χ3n) is 4.24. The zero-order valence-electron chi connectivity index (χ0n) is 13.0. The summed E-state index contributed by atoms with van der Waals surface area (Å²) in [6.45, 7) is 2.43. The van der Waals surface area contributed by atoms with E-state index >= 15 is 0 Å². The summed E-state index contributed by atoms with van der Waals surface area (Å²) >= 11 is 10.8. The molecule has 2 unspecified atom stereocenters. The van der Waals surface area contributed by atoms with E-state index in [-0.39, 0.29) is 11.8 Å². The van der Waals surface area contributed by atoms with Gasteiger partial charge >= 0.3 is 11.9 Å². The van der Waals surface area contributed by atoms with E-state index in [2.05, 4.69) is 0 Å². The minimum Gasteiger partial charge on any atom is -0.481 e. The van der Waals surface area contributed by atoms with Crippen molar-refractivity contribution < 1.29 is 19.8 Å². The predicted octanol–water partition coefficient (Wildman–Crippen LogP) is 2.53. The van der Waals surface area contributed by atoms with Gasteiger partial charge in [-0.05, 0) is 47.3 Å². The smallest absolute Gasteiger partial charge is 0.308 e. The Morgan fingerprint density at radius 2 is 1.21 bits per heavy atom. The van der Waals surface area contributed by atoms with Gasteiger partial charge in [0.15, 0.2) is 0 Å². The van der Waals surface area contributed by atoms with Crippen LogP contribution in [0.1, 0.15) is 25.7 Å². The number of piperidine rings is 2. The van der Waals surface area contributed by atoms with Gasteiger partial charge in [-0.2, -0.15) is 0 Å². The van der Waals surface area contributed by atoms with Crippen LogP contribution in [0.25, 0.3) is 0 Å². The third-order valence-corrected chi connectivity index (χ3v) is 7.97.